The second-order valence-corrected chi connectivity index (χ2v) is 5.22. The van der Waals surface area contributed by atoms with Crippen LogP contribution in [0.3, 0.4) is 0 Å². The number of nitrogens with one attached hydrogen (secondary N) is 2. The predicted octanol–water partition coefficient (Wildman–Crippen LogP) is 3.45. The third-order valence-corrected chi connectivity index (χ3v) is 3.44. The molecule has 2 aromatic carbocycles. The Bertz CT molecular complexity index is 636. The molecule has 0 bridgehead atoms. The van der Waals surface area contributed by atoms with Crippen molar-refractivity contribution in [3.63, 3.8) is 0 Å². The molecule has 0 atom stereocenters. The molecule has 0 aliphatic rings. The summed E-state index contributed by atoms with van der Waals surface area (Å²) < 4.78 is 10.9. The van der Waals surface area contributed by atoms with Crippen LogP contribution < -0.4 is 20.1 Å². The lowest BCUT2D eigenvalue weighted by Gasteiger charge is -2.12. The highest BCUT2D eigenvalue weighted by atomic mass is 127. The highest BCUT2D eigenvalue weighted by Crippen LogP contribution is 2.12. The first-order valence-corrected chi connectivity index (χ1v) is 8.07. The normalized spacial score (nSPS) is 10.6. The topological polar surface area (TPSA) is 54.9 Å². The van der Waals surface area contributed by atoms with Crippen molar-refractivity contribution >= 4 is 29.9 Å². The lowest BCUT2D eigenvalue weighted by molar-refractivity contribution is 0.311. The Morgan fingerprint density at radius 3 is 2.48 bits per heavy atom. The van der Waals surface area contributed by atoms with Gasteiger partial charge in [0.15, 0.2) is 5.96 Å². The summed E-state index contributed by atoms with van der Waals surface area (Å²) in [4.78, 5) is 4.22. The average Bonchev–Trinajstić information content (AvgIpc) is 2.65. The maximum absolute atomic E-state index is 5.66. The maximum atomic E-state index is 5.66. The highest BCUT2D eigenvalue weighted by molar-refractivity contribution is 14.0. The SMILES string of the molecule is CN=C(NCCCOc1ccccc1)NCc1cccc(OC)c1.I. The summed E-state index contributed by atoms with van der Waals surface area (Å²) in [6.45, 7) is 2.16. The molecule has 0 spiro atoms. The Hall–Kier alpha value is -1.96. The molecule has 0 radical (unpaired) electrons. The van der Waals surface area contributed by atoms with Crippen molar-refractivity contribution in [2.45, 2.75) is 13.0 Å². The number of rotatable bonds is 8. The minimum atomic E-state index is 0. The summed E-state index contributed by atoms with van der Waals surface area (Å²) in [6.07, 6.45) is 0.898. The third-order valence-electron chi connectivity index (χ3n) is 3.44. The van der Waals surface area contributed by atoms with Gasteiger partial charge >= 0.3 is 0 Å². The number of guanidine groups is 1. The molecule has 0 saturated carbocycles. The number of halogens is 1. The Morgan fingerprint density at radius 1 is 1.00 bits per heavy atom. The van der Waals surface area contributed by atoms with E-state index in [1.807, 2.05) is 48.5 Å². The zero-order valence-electron chi connectivity index (χ0n) is 14.7. The van der Waals surface area contributed by atoms with Crippen molar-refractivity contribution in [1.82, 2.24) is 10.6 Å². The molecule has 5 nitrogen and oxygen atoms in total. The number of benzene rings is 2. The van der Waals surface area contributed by atoms with E-state index in [0.717, 1.165) is 36.0 Å². The van der Waals surface area contributed by atoms with Crippen molar-refractivity contribution in [2.24, 2.45) is 4.99 Å². The summed E-state index contributed by atoms with van der Waals surface area (Å²) in [5, 5.41) is 6.57. The molecular weight excluding hydrogens is 429 g/mol. The molecule has 2 rings (SSSR count). The van der Waals surface area contributed by atoms with Crippen LogP contribution in [-0.2, 0) is 6.54 Å². The van der Waals surface area contributed by atoms with Crippen LogP contribution in [0.25, 0.3) is 0 Å². The second-order valence-electron chi connectivity index (χ2n) is 5.22. The molecule has 136 valence electrons. The van der Waals surface area contributed by atoms with Gasteiger partial charge in [0.1, 0.15) is 11.5 Å². The Labute approximate surface area is 166 Å². The molecule has 0 heterocycles. The molecule has 0 aromatic heterocycles. The quantitative estimate of drug-likeness (QED) is 0.277. The Balaban J connectivity index is 0.00000312. The van der Waals surface area contributed by atoms with Gasteiger partial charge in [-0.3, -0.25) is 4.99 Å². The Kier molecular flexibility index (Phi) is 10.5. The molecule has 2 aromatic rings. The van der Waals surface area contributed by atoms with E-state index in [-0.39, 0.29) is 24.0 Å². The predicted molar refractivity (Wildman–Crippen MR) is 113 cm³/mol. The summed E-state index contributed by atoms with van der Waals surface area (Å²) in [5.74, 6) is 2.53. The van der Waals surface area contributed by atoms with Crippen molar-refractivity contribution < 1.29 is 9.47 Å². The fourth-order valence-corrected chi connectivity index (χ4v) is 2.17. The number of para-hydroxylation sites is 1. The number of nitrogens with zero attached hydrogens (tertiary/aromatic N) is 1. The van der Waals surface area contributed by atoms with Crippen molar-refractivity contribution in [1.29, 1.82) is 0 Å². The Morgan fingerprint density at radius 2 is 1.76 bits per heavy atom. The van der Waals surface area contributed by atoms with Crippen LogP contribution in [0.5, 0.6) is 11.5 Å². The molecule has 0 aliphatic carbocycles. The van der Waals surface area contributed by atoms with Crippen molar-refractivity contribution in [2.75, 3.05) is 27.3 Å². The van der Waals surface area contributed by atoms with Crippen LogP contribution >= 0.6 is 24.0 Å². The minimum absolute atomic E-state index is 0. The smallest absolute Gasteiger partial charge is 0.191 e. The molecule has 0 aliphatic heterocycles. The van der Waals surface area contributed by atoms with Gasteiger partial charge in [-0.05, 0) is 36.2 Å². The molecule has 0 unspecified atom stereocenters. The van der Waals surface area contributed by atoms with Crippen molar-refractivity contribution in [3.05, 3.63) is 60.2 Å². The number of ether oxygens (including phenoxy) is 2. The van der Waals surface area contributed by atoms with E-state index in [0.29, 0.717) is 13.2 Å². The first-order valence-electron chi connectivity index (χ1n) is 8.07. The standard InChI is InChI=1S/C19H25N3O2.HI/c1-20-19(22-15-16-8-6-11-18(14-16)23-2)21-12-7-13-24-17-9-4-3-5-10-17;/h3-6,8-11,14H,7,12-13,15H2,1-2H3,(H2,20,21,22);1H. The summed E-state index contributed by atoms with van der Waals surface area (Å²) >= 11 is 0. The van der Waals surface area contributed by atoms with E-state index in [1.165, 1.54) is 0 Å². The summed E-state index contributed by atoms with van der Waals surface area (Å²) in [7, 11) is 3.44. The number of hydrogen-bond acceptors (Lipinski definition) is 3. The van der Waals surface area contributed by atoms with E-state index >= 15 is 0 Å². The van der Waals surface area contributed by atoms with E-state index in [1.54, 1.807) is 14.2 Å². The molecule has 25 heavy (non-hydrogen) atoms. The lowest BCUT2D eigenvalue weighted by atomic mass is 10.2. The van der Waals surface area contributed by atoms with Crippen LogP contribution in [0.4, 0.5) is 0 Å². The maximum Gasteiger partial charge on any atom is 0.191 e. The van der Waals surface area contributed by atoms with Crippen LogP contribution in [0.15, 0.2) is 59.6 Å². The largest absolute Gasteiger partial charge is 0.497 e. The van der Waals surface area contributed by atoms with Crippen LogP contribution in [0.1, 0.15) is 12.0 Å². The molecule has 0 amide bonds. The zero-order valence-corrected chi connectivity index (χ0v) is 17.0. The van der Waals surface area contributed by atoms with Gasteiger partial charge in [0.05, 0.1) is 13.7 Å². The average molecular weight is 455 g/mol. The minimum Gasteiger partial charge on any atom is -0.497 e. The second kappa shape index (κ2) is 12.4. The van der Waals surface area contributed by atoms with E-state index < -0.39 is 0 Å². The van der Waals surface area contributed by atoms with Crippen LogP contribution in [-0.4, -0.2) is 33.3 Å². The number of methoxy groups -OCH3 is 1. The molecule has 2 N–H and O–H groups in total. The van der Waals surface area contributed by atoms with Gasteiger partial charge in [0.2, 0.25) is 0 Å². The molecular formula is C19H26IN3O2. The van der Waals surface area contributed by atoms with Crippen molar-refractivity contribution in [3.8, 4) is 11.5 Å². The van der Waals surface area contributed by atoms with Gasteiger partial charge in [0, 0.05) is 20.1 Å². The first-order chi connectivity index (χ1) is 11.8. The van der Waals surface area contributed by atoms with Gasteiger partial charge in [-0.15, -0.1) is 24.0 Å². The summed E-state index contributed by atoms with van der Waals surface area (Å²) in [6, 6.07) is 17.8. The molecule has 0 saturated heterocycles. The van der Waals surface area contributed by atoms with E-state index in [2.05, 4.69) is 21.7 Å². The van der Waals surface area contributed by atoms with Gasteiger partial charge in [0.25, 0.3) is 0 Å². The highest BCUT2D eigenvalue weighted by Gasteiger charge is 2.00. The molecule has 6 heteroatoms. The fourth-order valence-electron chi connectivity index (χ4n) is 2.17. The lowest BCUT2D eigenvalue weighted by Crippen LogP contribution is -2.37. The van der Waals surface area contributed by atoms with Crippen LogP contribution in [0.2, 0.25) is 0 Å². The monoisotopic (exact) mass is 455 g/mol. The first kappa shape index (κ1) is 21.1. The zero-order chi connectivity index (χ0) is 17.0. The van der Waals surface area contributed by atoms with Gasteiger partial charge in [-0.2, -0.15) is 0 Å². The fraction of sp³-hybridized carbons (Fsp3) is 0.316. The van der Waals surface area contributed by atoms with Gasteiger partial charge in [-0.1, -0.05) is 30.3 Å². The third kappa shape index (κ3) is 8.11. The number of aliphatic imine (C=N–C) groups is 1. The number of hydrogen-bond donors (Lipinski definition) is 2. The van der Waals surface area contributed by atoms with E-state index in [4.69, 9.17) is 9.47 Å². The van der Waals surface area contributed by atoms with Gasteiger partial charge in [-0.25, -0.2) is 0 Å². The van der Waals surface area contributed by atoms with E-state index in [9.17, 15) is 0 Å². The summed E-state index contributed by atoms with van der Waals surface area (Å²) in [5.41, 5.74) is 1.14. The molecule has 0 fully saturated rings. The van der Waals surface area contributed by atoms with Crippen LogP contribution in [0, 0.1) is 0 Å². The van der Waals surface area contributed by atoms with Gasteiger partial charge < -0.3 is 20.1 Å².